The first-order valence-electron chi connectivity index (χ1n) is 9.62. The fourth-order valence-electron chi connectivity index (χ4n) is 3.00. The van der Waals surface area contributed by atoms with Crippen LogP contribution in [0.2, 0.25) is 0 Å². The second kappa shape index (κ2) is 11.0. The molecule has 3 N–H and O–H groups in total. The Bertz CT molecular complexity index is 598. The van der Waals surface area contributed by atoms with Gasteiger partial charge in [-0.05, 0) is 43.1 Å². The molecule has 1 aromatic rings. The zero-order valence-electron chi connectivity index (χ0n) is 16.2. The zero-order valence-corrected chi connectivity index (χ0v) is 16.2. The molecule has 0 spiro atoms. The van der Waals surface area contributed by atoms with E-state index < -0.39 is 12.0 Å². The van der Waals surface area contributed by atoms with Crippen molar-refractivity contribution in [3.63, 3.8) is 0 Å². The number of anilines is 1. The summed E-state index contributed by atoms with van der Waals surface area (Å²) < 4.78 is 5.31. The molecule has 1 aliphatic rings. The average molecular weight is 377 g/mol. The predicted molar refractivity (Wildman–Crippen MR) is 105 cm³/mol. The maximum Gasteiger partial charge on any atom is 0.321 e. The SMILES string of the molecule is CC(C)c1ccc(NC(=O)C[C@@H](NCCCN2CCOCC2)C(=O)O)cc1. The van der Waals surface area contributed by atoms with Crippen molar-refractivity contribution in [2.45, 2.75) is 38.6 Å². The second-order valence-corrected chi connectivity index (χ2v) is 7.18. The number of amides is 1. The van der Waals surface area contributed by atoms with Crippen LogP contribution < -0.4 is 10.6 Å². The monoisotopic (exact) mass is 377 g/mol. The lowest BCUT2D eigenvalue weighted by molar-refractivity contribution is -0.141. The summed E-state index contributed by atoms with van der Waals surface area (Å²) in [4.78, 5) is 25.9. The second-order valence-electron chi connectivity index (χ2n) is 7.18. The minimum atomic E-state index is -1.01. The van der Waals surface area contributed by atoms with Crippen LogP contribution in [0.15, 0.2) is 24.3 Å². The van der Waals surface area contributed by atoms with Crippen LogP contribution >= 0.6 is 0 Å². The fourth-order valence-corrected chi connectivity index (χ4v) is 3.00. The Labute approximate surface area is 161 Å². The first-order chi connectivity index (χ1) is 13.0. The highest BCUT2D eigenvalue weighted by Gasteiger charge is 2.21. The van der Waals surface area contributed by atoms with Gasteiger partial charge in [0.25, 0.3) is 0 Å². The lowest BCUT2D eigenvalue weighted by atomic mass is 10.0. The van der Waals surface area contributed by atoms with Crippen molar-refractivity contribution < 1.29 is 19.4 Å². The quantitative estimate of drug-likeness (QED) is 0.540. The molecule has 1 saturated heterocycles. The fraction of sp³-hybridized carbons (Fsp3) is 0.600. The normalized spacial score (nSPS) is 16.3. The number of nitrogens with zero attached hydrogens (tertiary/aromatic N) is 1. The van der Waals surface area contributed by atoms with E-state index in [4.69, 9.17) is 4.74 Å². The van der Waals surface area contributed by atoms with Gasteiger partial charge < -0.3 is 20.5 Å². The molecule has 0 saturated carbocycles. The van der Waals surface area contributed by atoms with E-state index in [0.717, 1.165) is 39.3 Å². The number of carbonyl (C=O) groups is 2. The predicted octanol–water partition coefficient (Wildman–Crippen LogP) is 1.90. The molecule has 0 aliphatic carbocycles. The number of carbonyl (C=O) groups excluding carboxylic acids is 1. The van der Waals surface area contributed by atoms with Crippen LogP contribution in [0.5, 0.6) is 0 Å². The van der Waals surface area contributed by atoms with Gasteiger partial charge in [-0.2, -0.15) is 0 Å². The van der Waals surface area contributed by atoms with Gasteiger partial charge in [0.2, 0.25) is 5.91 Å². The van der Waals surface area contributed by atoms with Crippen molar-refractivity contribution in [2.24, 2.45) is 0 Å². The highest BCUT2D eigenvalue weighted by atomic mass is 16.5. The highest BCUT2D eigenvalue weighted by molar-refractivity contribution is 5.94. The number of aliphatic carboxylic acids is 1. The van der Waals surface area contributed by atoms with Gasteiger partial charge >= 0.3 is 5.97 Å². The summed E-state index contributed by atoms with van der Waals surface area (Å²) in [6.07, 6.45) is 0.737. The van der Waals surface area contributed by atoms with Crippen molar-refractivity contribution in [3.8, 4) is 0 Å². The smallest absolute Gasteiger partial charge is 0.321 e. The van der Waals surface area contributed by atoms with E-state index in [-0.39, 0.29) is 12.3 Å². The average Bonchev–Trinajstić information content (AvgIpc) is 2.65. The van der Waals surface area contributed by atoms with Crippen LogP contribution in [-0.4, -0.2) is 67.3 Å². The van der Waals surface area contributed by atoms with Crippen LogP contribution in [0.4, 0.5) is 5.69 Å². The van der Waals surface area contributed by atoms with Crippen molar-refractivity contribution in [3.05, 3.63) is 29.8 Å². The van der Waals surface area contributed by atoms with Crippen molar-refractivity contribution in [2.75, 3.05) is 44.7 Å². The third-order valence-corrected chi connectivity index (χ3v) is 4.69. The molecule has 7 heteroatoms. The first kappa shape index (κ1) is 21.3. The van der Waals surface area contributed by atoms with Gasteiger partial charge in [0.15, 0.2) is 0 Å². The zero-order chi connectivity index (χ0) is 19.6. The van der Waals surface area contributed by atoms with Gasteiger partial charge in [-0.3, -0.25) is 14.5 Å². The van der Waals surface area contributed by atoms with E-state index in [1.165, 1.54) is 5.56 Å². The Hall–Kier alpha value is -1.96. The van der Waals surface area contributed by atoms with Crippen molar-refractivity contribution >= 4 is 17.6 Å². The molecular formula is C20H31N3O4. The largest absolute Gasteiger partial charge is 0.480 e. The minimum Gasteiger partial charge on any atom is -0.480 e. The van der Waals surface area contributed by atoms with E-state index in [9.17, 15) is 14.7 Å². The molecule has 1 aromatic carbocycles. The van der Waals surface area contributed by atoms with Gasteiger partial charge in [-0.15, -0.1) is 0 Å². The molecule has 1 heterocycles. The lowest BCUT2D eigenvalue weighted by Crippen LogP contribution is -2.42. The molecule has 0 unspecified atom stereocenters. The maximum atomic E-state index is 12.2. The van der Waals surface area contributed by atoms with Crippen LogP contribution in [0, 0.1) is 0 Å². The minimum absolute atomic E-state index is 0.0984. The Balaban J connectivity index is 1.73. The number of hydrogen-bond donors (Lipinski definition) is 3. The number of carboxylic acids is 1. The Morgan fingerprint density at radius 2 is 1.85 bits per heavy atom. The molecular weight excluding hydrogens is 346 g/mol. The molecule has 0 radical (unpaired) electrons. The number of morpholine rings is 1. The van der Waals surface area contributed by atoms with E-state index in [2.05, 4.69) is 29.4 Å². The van der Waals surface area contributed by atoms with E-state index in [0.29, 0.717) is 18.2 Å². The number of hydrogen-bond acceptors (Lipinski definition) is 5. The highest BCUT2D eigenvalue weighted by Crippen LogP contribution is 2.17. The topological polar surface area (TPSA) is 90.9 Å². The van der Waals surface area contributed by atoms with Crippen molar-refractivity contribution in [1.29, 1.82) is 0 Å². The number of benzene rings is 1. The summed E-state index contributed by atoms with van der Waals surface area (Å²) >= 11 is 0. The Morgan fingerprint density at radius 3 is 2.44 bits per heavy atom. The summed E-state index contributed by atoms with van der Waals surface area (Å²) in [6.45, 7) is 9.01. The third kappa shape index (κ3) is 7.66. The van der Waals surface area contributed by atoms with Crippen LogP contribution in [0.3, 0.4) is 0 Å². The molecule has 27 heavy (non-hydrogen) atoms. The number of carboxylic acid groups (broad SMARTS) is 1. The molecule has 0 aromatic heterocycles. The molecule has 1 fully saturated rings. The summed E-state index contributed by atoms with van der Waals surface area (Å²) in [7, 11) is 0. The molecule has 0 bridgehead atoms. The lowest BCUT2D eigenvalue weighted by Gasteiger charge is -2.26. The maximum absolute atomic E-state index is 12.2. The Morgan fingerprint density at radius 1 is 1.19 bits per heavy atom. The molecule has 1 atom stereocenters. The van der Waals surface area contributed by atoms with Gasteiger partial charge in [0.1, 0.15) is 6.04 Å². The number of nitrogens with one attached hydrogen (secondary N) is 2. The molecule has 7 nitrogen and oxygen atoms in total. The summed E-state index contributed by atoms with van der Waals surface area (Å²) in [5.41, 5.74) is 1.87. The van der Waals surface area contributed by atoms with Crippen LogP contribution in [0.1, 0.15) is 38.2 Å². The summed E-state index contributed by atoms with van der Waals surface area (Å²) in [5, 5.41) is 15.1. The summed E-state index contributed by atoms with van der Waals surface area (Å²) in [5.74, 6) is -0.889. The molecule has 1 aliphatic heterocycles. The Kier molecular flexibility index (Phi) is 8.71. The van der Waals surface area contributed by atoms with Gasteiger partial charge in [-0.25, -0.2) is 0 Å². The third-order valence-electron chi connectivity index (χ3n) is 4.69. The van der Waals surface area contributed by atoms with Gasteiger partial charge in [0, 0.05) is 18.8 Å². The molecule has 150 valence electrons. The van der Waals surface area contributed by atoms with E-state index >= 15 is 0 Å². The standard InChI is InChI=1S/C20H31N3O4/c1-15(2)16-4-6-17(7-5-16)22-19(24)14-18(20(25)26)21-8-3-9-23-10-12-27-13-11-23/h4-7,15,18,21H,3,8-14H2,1-2H3,(H,22,24)(H,25,26)/t18-/m1/s1. The van der Waals surface area contributed by atoms with Crippen LogP contribution in [0.25, 0.3) is 0 Å². The van der Waals surface area contributed by atoms with E-state index in [1.54, 1.807) is 0 Å². The van der Waals surface area contributed by atoms with Gasteiger partial charge in [-0.1, -0.05) is 26.0 Å². The van der Waals surface area contributed by atoms with Crippen molar-refractivity contribution in [1.82, 2.24) is 10.2 Å². The molecule has 1 amide bonds. The molecule has 2 rings (SSSR count). The number of rotatable bonds is 10. The summed E-state index contributed by atoms with van der Waals surface area (Å²) in [6, 6.07) is 6.75. The first-order valence-corrected chi connectivity index (χ1v) is 9.62. The van der Waals surface area contributed by atoms with E-state index in [1.807, 2.05) is 24.3 Å². The van der Waals surface area contributed by atoms with Crippen LogP contribution in [-0.2, 0) is 14.3 Å². The van der Waals surface area contributed by atoms with Gasteiger partial charge in [0.05, 0.1) is 19.6 Å². The number of ether oxygens (including phenoxy) is 1.